The molecule has 3 rings (SSSR count). The highest BCUT2D eigenvalue weighted by Crippen LogP contribution is 2.24. The van der Waals surface area contributed by atoms with Gasteiger partial charge in [0.25, 0.3) is 0 Å². The van der Waals surface area contributed by atoms with E-state index in [0.717, 1.165) is 30.2 Å². The van der Waals surface area contributed by atoms with Crippen molar-refractivity contribution in [2.75, 3.05) is 19.6 Å². The summed E-state index contributed by atoms with van der Waals surface area (Å²) in [6.45, 7) is 11.4. The largest absolute Gasteiger partial charge is 0.312 e. The molecule has 1 unspecified atom stereocenters. The normalized spacial score (nSPS) is 20.5. The zero-order chi connectivity index (χ0) is 14.8. The van der Waals surface area contributed by atoms with E-state index in [2.05, 4.69) is 41.3 Å². The molecular weight excluding hydrogens is 260 g/mol. The van der Waals surface area contributed by atoms with E-state index < -0.39 is 0 Å². The summed E-state index contributed by atoms with van der Waals surface area (Å²) in [5.41, 5.74) is 2.08. The maximum absolute atomic E-state index is 4.80. The van der Waals surface area contributed by atoms with Crippen molar-refractivity contribution >= 4 is 11.2 Å². The van der Waals surface area contributed by atoms with Gasteiger partial charge in [-0.3, -0.25) is 0 Å². The SMILES string of the molecule is CCN1CCCC(Cn2c(C(C)C)nc3cccnc32)C1. The van der Waals surface area contributed by atoms with Crippen LogP contribution in [-0.4, -0.2) is 39.1 Å². The van der Waals surface area contributed by atoms with E-state index in [9.17, 15) is 0 Å². The minimum atomic E-state index is 0.435. The molecule has 0 saturated carbocycles. The molecule has 0 aromatic carbocycles. The van der Waals surface area contributed by atoms with Crippen LogP contribution in [0.5, 0.6) is 0 Å². The van der Waals surface area contributed by atoms with Gasteiger partial charge in [-0.2, -0.15) is 0 Å². The van der Waals surface area contributed by atoms with Gasteiger partial charge in [-0.25, -0.2) is 9.97 Å². The summed E-state index contributed by atoms with van der Waals surface area (Å²) in [7, 11) is 0. The molecule has 1 aliphatic heterocycles. The Kier molecular flexibility index (Phi) is 4.24. The van der Waals surface area contributed by atoms with Crippen molar-refractivity contribution in [2.24, 2.45) is 5.92 Å². The van der Waals surface area contributed by atoms with Crippen LogP contribution < -0.4 is 0 Å². The standard InChI is InChI=1S/C17H26N4/c1-4-20-10-6-7-14(11-20)12-21-16(13(2)3)19-15-8-5-9-18-17(15)21/h5,8-9,13-14H,4,6-7,10-12H2,1-3H3. The third-order valence-electron chi connectivity index (χ3n) is 4.54. The number of rotatable bonds is 4. The molecule has 0 bridgehead atoms. The number of imidazole rings is 1. The lowest BCUT2D eigenvalue weighted by molar-refractivity contribution is 0.170. The molecule has 0 spiro atoms. The minimum Gasteiger partial charge on any atom is -0.312 e. The minimum absolute atomic E-state index is 0.435. The molecule has 1 saturated heterocycles. The molecule has 21 heavy (non-hydrogen) atoms. The van der Waals surface area contributed by atoms with Crippen molar-refractivity contribution in [3.63, 3.8) is 0 Å². The zero-order valence-corrected chi connectivity index (χ0v) is 13.4. The fraction of sp³-hybridized carbons (Fsp3) is 0.647. The van der Waals surface area contributed by atoms with Gasteiger partial charge in [0.05, 0.1) is 0 Å². The molecule has 2 aromatic heterocycles. The van der Waals surface area contributed by atoms with Crippen molar-refractivity contribution in [3.8, 4) is 0 Å². The molecule has 1 aliphatic rings. The van der Waals surface area contributed by atoms with Crippen LogP contribution in [-0.2, 0) is 6.54 Å². The van der Waals surface area contributed by atoms with E-state index in [1.165, 1.54) is 31.8 Å². The summed E-state index contributed by atoms with van der Waals surface area (Å²) in [5.74, 6) is 2.33. The molecule has 4 nitrogen and oxygen atoms in total. The highest BCUT2D eigenvalue weighted by Gasteiger charge is 2.22. The molecule has 3 heterocycles. The molecule has 114 valence electrons. The van der Waals surface area contributed by atoms with E-state index in [1.807, 2.05) is 12.3 Å². The maximum atomic E-state index is 4.80. The highest BCUT2D eigenvalue weighted by atomic mass is 15.2. The fourth-order valence-electron chi connectivity index (χ4n) is 3.44. The Balaban J connectivity index is 1.90. The lowest BCUT2D eigenvalue weighted by Gasteiger charge is -2.32. The summed E-state index contributed by atoms with van der Waals surface area (Å²) >= 11 is 0. The van der Waals surface area contributed by atoms with Gasteiger partial charge in [-0.15, -0.1) is 0 Å². The number of aromatic nitrogens is 3. The Morgan fingerprint density at radius 3 is 3.00 bits per heavy atom. The third kappa shape index (κ3) is 2.95. The van der Waals surface area contributed by atoms with Gasteiger partial charge in [-0.05, 0) is 44.0 Å². The Hall–Kier alpha value is -1.42. The molecule has 1 fully saturated rings. The lowest BCUT2D eigenvalue weighted by Crippen LogP contribution is -2.37. The molecule has 2 aromatic rings. The second kappa shape index (κ2) is 6.14. The third-order valence-corrected chi connectivity index (χ3v) is 4.54. The van der Waals surface area contributed by atoms with Crippen LogP contribution in [0, 0.1) is 5.92 Å². The fourth-order valence-corrected chi connectivity index (χ4v) is 3.44. The molecule has 0 amide bonds. The van der Waals surface area contributed by atoms with Crippen LogP contribution in [0.1, 0.15) is 45.4 Å². The summed E-state index contributed by atoms with van der Waals surface area (Å²) < 4.78 is 2.36. The van der Waals surface area contributed by atoms with Gasteiger partial charge in [0.15, 0.2) is 5.65 Å². The molecule has 0 N–H and O–H groups in total. The van der Waals surface area contributed by atoms with Crippen molar-refractivity contribution in [1.29, 1.82) is 0 Å². The van der Waals surface area contributed by atoms with E-state index in [4.69, 9.17) is 4.98 Å². The highest BCUT2D eigenvalue weighted by molar-refractivity contribution is 5.71. The summed E-state index contributed by atoms with van der Waals surface area (Å²) in [6, 6.07) is 4.05. The van der Waals surface area contributed by atoms with Crippen LogP contribution in [0.4, 0.5) is 0 Å². The Bertz CT molecular complexity index is 602. The first kappa shape index (κ1) is 14.5. The Morgan fingerprint density at radius 2 is 2.24 bits per heavy atom. The van der Waals surface area contributed by atoms with Gasteiger partial charge in [0, 0.05) is 25.2 Å². The van der Waals surface area contributed by atoms with Crippen LogP contribution in [0.2, 0.25) is 0 Å². The van der Waals surface area contributed by atoms with Gasteiger partial charge in [-0.1, -0.05) is 20.8 Å². The van der Waals surface area contributed by atoms with E-state index in [0.29, 0.717) is 5.92 Å². The first-order valence-electron chi connectivity index (χ1n) is 8.22. The smallest absolute Gasteiger partial charge is 0.160 e. The Morgan fingerprint density at radius 1 is 1.38 bits per heavy atom. The van der Waals surface area contributed by atoms with Crippen LogP contribution in [0.3, 0.4) is 0 Å². The molecule has 0 radical (unpaired) electrons. The number of fused-ring (bicyclic) bond motifs is 1. The van der Waals surface area contributed by atoms with Crippen molar-refractivity contribution < 1.29 is 0 Å². The van der Waals surface area contributed by atoms with Gasteiger partial charge in [0.2, 0.25) is 0 Å². The van der Waals surface area contributed by atoms with Gasteiger partial charge < -0.3 is 9.47 Å². The Labute approximate surface area is 127 Å². The first-order valence-corrected chi connectivity index (χ1v) is 8.22. The van der Waals surface area contributed by atoms with Gasteiger partial charge in [0.1, 0.15) is 11.3 Å². The zero-order valence-electron chi connectivity index (χ0n) is 13.4. The second-order valence-corrected chi connectivity index (χ2v) is 6.48. The summed E-state index contributed by atoms with van der Waals surface area (Å²) in [5, 5.41) is 0. The number of hydrogen-bond donors (Lipinski definition) is 0. The van der Waals surface area contributed by atoms with Gasteiger partial charge >= 0.3 is 0 Å². The number of pyridine rings is 1. The van der Waals surface area contributed by atoms with Crippen LogP contribution in [0.25, 0.3) is 11.2 Å². The molecule has 4 heteroatoms. The quantitative estimate of drug-likeness (QED) is 0.865. The average molecular weight is 286 g/mol. The first-order chi connectivity index (χ1) is 10.2. The van der Waals surface area contributed by atoms with E-state index in [1.54, 1.807) is 0 Å². The monoisotopic (exact) mass is 286 g/mol. The van der Waals surface area contributed by atoms with Crippen molar-refractivity contribution in [3.05, 3.63) is 24.2 Å². The number of nitrogens with zero attached hydrogens (tertiary/aromatic N) is 4. The second-order valence-electron chi connectivity index (χ2n) is 6.48. The molecular formula is C17H26N4. The van der Waals surface area contributed by atoms with Crippen LogP contribution >= 0.6 is 0 Å². The van der Waals surface area contributed by atoms with Crippen molar-refractivity contribution in [2.45, 2.75) is 46.1 Å². The summed E-state index contributed by atoms with van der Waals surface area (Å²) in [6.07, 6.45) is 4.51. The summed E-state index contributed by atoms with van der Waals surface area (Å²) in [4.78, 5) is 11.9. The van der Waals surface area contributed by atoms with E-state index in [-0.39, 0.29) is 0 Å². The average Bonchev–Trinajstić information content (AvgIpc) is 2.87. The van der Waals surface area contributed by atoms with Crippen LogP contribution in [0.15, 0.2) is 18.3 Å². The molecule has 1 atom stereocenters. The predicted molar refractivity (Wildman–Crippen MR) is 86.5 cm³/mol. The predicted octanol–water partition coefficient (Wildman–Crippen LogP) is 3.29. The number of hydrogen-bond acceptors (Lipinski definition) is 3. The number of likely N-dealkylation sites (tertiary alicyclic amines) is 1. The topological polar surface area (TPSA) is 34.0 Å². The maximum Gasteiger partial charge on any atom is 0.160 e. The molecule has 0 aliphatic carbocycles. The van der Waals surface area contributed by atoms with Crippen molar-refractivity contribution in [1.82, 2.24) is 19.4 Å². The lowest BCUT2D eigenvalue weighted by atomic mass is 9.97. The number of piperidine rings is 1. The van der Waals surface area contributed by atoms with E-state index >= 15 is 0 Å².